The van der Waals surface area contributed by atoms with Gasteiger partial charge in [-0.1, -0.05) is 13.8 Å². The molecule has 0 aromatic heterocycles. The molecular formula is C8H15NO3. The van der Waals surface area contributed by atoms with Gasteiger partial charge in [0.1, 0.15) is 6.61 Å². The molecule has 0 fully saturated rings. The predicted molar refractivity (Wildman–Crippen MR) is 46.5 cm³/mol. The Bertz CT molecular complexity index is 166. The van der Waals surface area contributed by atoms with Gasteiger partial charge in [0.25, 0.3) is 0 Å². The molecule has 0 radical (unpaired) electrons. The largest absolute Gasteiger partial charge is 0.481 e. The monoisotopic (exact) mass is 173 g/mol. The highest BCUT2D eigenvalue weighted by molar-refractivity contribution is 5.76. The Morgan fingerprint density at radius 2 is 2.25 bits per heavy atom. The van der Waals surface area contributed by atoms with Crippen LogP contribution in [0.2, 0.25) is 0 Å². The summed E-state index contributed by atoms with van der Waals surface area (Å²) in [6, 6.07) is 0. The number of carbonyl (C=O) groups is 1. The molecule has 12 heavy (non-hydrogen) atoms. The molecule has 4 nitrogen and oxygen atoms in total. The summed E-state index contributed by atoms with van der Waals surface area (Å²) in [5.41, 5.74) is 0. The van der Waals surface area contributed by atoms with E-state index in [1.807, 2.05) is 6.92 Å². The first-order valence-corrected chi connectivity index (χ1v) is 4.08. The fraction of sp³-hybridized carbons (Fsp3) is 0.750. The third-order valence-corrected chi connectivity index (χ3v) is 1.25. The van der Waals surface area contributed by atoms with Crippen molar-refractivity contribution in [2.24, 2.45) is 4.99 Å². The SMILES string of the molecule is CCC(=O)O.CCC1=NCCO1. The van der Waals surface area contributed by atoms with Crippen molar-refractivity contribution in [3.05, 3.63) is 0 Å². The highest BCUT2D eigenvalue weighted by atomic mass is 16.5. The summed E-state index contributed by atoms with van der Waals surface area (Å²) in [6.45, 7) is 5.30. The van der Waals surface area contributed by atoms with E-state index in [9.17, 15) is 4.79 Å². The molecule has 0 aromatic rings. The zero-order valence-corrected chi connectivity index (χ0v) is 7.54. The summed E-state index contributed by atoms with van der Waals surface area (Å²) < 4.78 is 5.05. The molecule has 0 unspecified atom stereocenters. The Balaban J connectivity index is 0.000000217. The summed E-state index contributed by atoms with van der Waals surface area (Å²) in [5.74, 6) is 0.171. The maximum Gasteiger partial charge on any atom is 0.303 e. The Labute approximate surface area is 72.3 Å². The molecular weight excluding hydrogens is 158 g/mol. The molecule has 1 heterocycles. The molecule has 0 spiro atoms. The third-order valence-electron chi connectivity index (χ3n) is 1.25. The molecule has 0 aromatic carbocycles. The zero-order valence-electron chi connectivity index (χ0n) is 7.54. The Morgan fingerprint density at radius 1 is 1.67 bits per heavy atom. The van der Waals surface area contributed by atoms with Crippen LogP contribution < -0.4 is 0 Å². The molecule has 0 amide bonds. The molecule has 1 N–H and O–H groups in total. The lowest BCUT2D eigenvalue weighted by Gasteiger charge is -1.91. The van der Waals surface area contributed by atoms with Gasteiger partial charge in [0.15, 0.2) is 5.90 Å². The van der Waals surface area contributed by atoms with E-state index in [4.69, 9.17) is 9.84 Å². The third kappa shape index (κ3) is 5.70. The number of nitrogens with zero attached hydrogens (tertiary/aromatic N) is 1. The van der Waals surface area contributed by atoms with Gasteiger partial charge in [-0.3, -0.25) is 9.79 Å². The zero-order chi connectivity index (χ0) is 9.40. The van der Waals surface area contributed by atoms with Crippen LogP contribution in [0.1, 0.15) is 26.7 Å². The van der Waals surface area contributed by atoms with Crippen LogP contribution in [0.4, 0.5) is 0 Å². The molecule has 0 atom stereocenters. The van der Waals surface area contributed by atoms with Gasteiger partial charge in [-0.15, -0.1) is 0 Å². The van der Waals surface area contributed by atoms with Crippen molar-refractivity contribution >= 4 is 11.9 Å². The quantitative estimate of drug-likeness (QED) is 0.684. The first-order valence-electron chi connectivity index (χ1n) is 4.08. The van der Waals surface area contributed by atoms with Crippen molar-refractivity contribution < 1.29 is 14.6 Å². The van der Waals surface area contributed by atoms with Gasteiger partial charge in [-0.2, -0.15) is 0 Å². The van der Waals surface area contributed by atoms with Gasteiger partial charge in [-0.25, -0.2) is 0 Å². The van der Waals surface area contributed by atoms with Gasteiger partial charge < -0.3 is 9.84 Å². The second-order valence-corrected chi connectivity index (χ2v) is 2.22. The minimum Gasteiger partial charge on any atom is -0.481 e. The van der Waals surface area contributed by atoms with Crippen LogP contribution in [-0.2, 0) is 9.53 Å². The van der Waals surface area contributed by atoms with Crippen molar-refractivity contribution in [1.82, 2.24) is 0 Å². The maximum atomic E-state index is 9.37. The van der Waals surface area contributed by atoms with Crippen LogP contribution in [0.3, 0.4) is 0 Å². The minimum atomic E-state index is -0.745. The van der Waals surface area contributed by atoms with E-state index in [0.29, 0.717) is 0 Å². The molecule has 1 aliphatic rings. The number of hydrogen-bond donors (Lipinski definition) is 1. The number of hydrogen-bond acceptors (Lipinski definition) is 3. The fourth-order valence-electron chi connectivity index (χ4n) is 0.593. The molecule has 0 bridgehead atoms. The van der Waals surface area contributed by atoms with E-state index in [1.165, 1.54) is 0 Å². The highest BCUT2D eigenvalue weighted by Crippen LogP contribution is 1.95. The van der Waals surface area contributed by atoms with Gasteiger partial charge in [0.2, 0.25) is 0 Å². The lowest BCUT2D eigenvalue weighted by molar-refractivity contribution is -0.136. The van der Waals surface area contributed by atoms with E-state index in [-0.39, 0.29) is 6.42 Å². The smallest absolute Gasteiger partial charge is 0.303 e. The molecule has 0 aliphatic carbocycles. The van der Waals surface area contributed by atoms with Crippen molar-refractivity contribution in [2.45, 2.75) is 26.7 Å². The van der Waals surface area contributed by atoms with Crippen molar-refractivity contribution in [1.29, 1.82) is 0 Å². The van der Waals surface area contributed by atoms with E-state index in [0.717, 1.165) is 25.5 Å². The summed E-state index contributed by atoms with van der Waals surface area (Å²) in [4.78, 5) is 13.4. The molecule has 0 saturated heterocycles. The Kier molecular flexibility index (Phi) is 6.05. The summed E-state index contributed by atoms with van der Waals surface area (Å²) >= 11 is 0. The summed E-state index contributed by atoms with van der Waals surface area (Å²) in [6.07, 6.45) is 1.17. The number of carboxylic acid groups (broad SMARTS) is 1. The van der Waals surface area contributed by atoms with Gasteiger partial charge in [-0.05, 0) is 0 Å². The molecule has 0 saturated carbocycles. The molecule has 70 valence electrons. The minimum absolute atomic E-state index is 0.222. The van der Waals surface area contributed by atoms with Crippen LogP contribution >= 0.6 is 0 Å². The van der Waals surface area contributed by atoms with E-state index < -0.39 is 5.97 Å². The van der Waals surface area contributed by atoms with Crippen LogP contribution in [-0.4, -0.2) is 30.1 Å². The van der Waals surface area contributed by atoms with Crippen molar-refractivity contribution in [2.75, 3.05) is 13.2 Å². The van der Waals surface area contributed by atoms with E-state index in [2.05, 4.69) is 4.99 Å². The normalized spacial score (nSPS) is 14.0. The lowest BCUT2D eigenvalue weighted by atomic mass is 10.5. The van der Waals surface area contributed by atoms with Crippen LogP contribution in [0.5, 0.6) is 0 Å². The number of aliphatic carboxylic acids is 1. The van der Waals surface area contributed by atoms with Crippen LogP contribution in [0, 0.1) is 0 Å². The average molecular weight is 173 g/mol. The number of rotatable bonds is 2. The Hall–Kier alpha value is -1.06. The Morgan fingerprint density at radius 3 is 2.42 bits per heavy atom. The summed E-state index contributed by atoms with van der Waals surface area (Å²) in [5, 5.41) is 7.72. The predicted octanol–water partition coefficient (Wildman–Crippen LogP) is 1.31. The van der Waals surface area contributed by atoms with Gasteiger partial charge in [0, 0.05) is 12.8 Å². The van der Waals surface area contributed by atoms with Crippen molar-refractivity contribution in [3.63, 3.8) is 0 Å². The van der Waals surface area contributed by atoms with E-state index in [1.54, 1.807) is 6.92 Å². The van der Waals surface area contributed by atoms with E-state index >= 15 is 0 Å². The van der Waals surface area contributed by atoms with Crippen LogP contribution in [0.15, 0.2) is 4.99 Å². The second kappa shape index (κ2) is 6.64. The first kappa shape index (κ1) is 10.9. The lowest BCUT2D eigenvalue weighted by Crippen LogP contribution is -1.94. The standard InChI is InChI=1S/C5H9NO.C3H6O2/c1-2-5-6-3-4-7-5;1-2-3(4)5/h2-4H2,1H3;2H2,1H3,(H,4,5). The first-order chi connectivity index (χ1) is 5.70. The van der Waals surface area contributed by atoms with Crippen molar-refractivity contribution in [3.8, 4) is 0 Å². The molecule has 4 heteroatoms. The van der Waals surface area contributed by atoms with Gasteiger partial charge in [0.05, 0.1) is 6.54 Å². The number of aliphatic imine (C=N–C) groups is 1. The molecule has 1 rings (SSSR count). The van der Waals surface area contributed by atoms with Crippen LogP contribution in [0.25, 0.3) is 0 Å². The molecule has 1 aliphatic heterocycles. The fourth-order valence-corrected chi connectivity index (χ4v) is 0.593. The van der Waals surface area contributed by atoms with Gasteiger partial charge >= 0.3 is 5.97 Å². The number of ether oxygens (including phenoxy) is 1. The second-order valence-electron chi connectivity index (χ2n) is 2.22. The topological polar surface area (TPSA) is 58.9 Å². The number of carboxylic acids is 1. The highest BCUT2D eigenvalue weighted by Gasteiger charge is 2.01. The summed E-state index contributed by atoms with van der Waals surface area (Å²) in [7, 11) is 0. The average Bonchev–Trinajstić information content (AvgIpc) is 2.57. The maximum absolute atomic E-state index is 9.37.